The number of fused-ring (bicyclic) bond motifs is 1. The number of anilines is 3. The molecule has 1 aliphatic heterocycles. The number of imidazole rings is 1. The predicted octanol–water partition coefficient (Wildman–Crippen LogP) is 4.06. The van der Waals surface area contributed by atoms with Crippen LogP contribution in [0, 0.1) is 11.3 Å². The summed E-state index contributed by atoms with van der Waals surface area (Å²) in [5, 5.41) is 22.3. The largest absolute Gasteiger partial charge is 0.395 e. The molecule has 35 heavy (non-hydrogen) atoms. The summed E-state index contributed by atoms with van der Waals surface area (Å²) in [5.41, 5.74) is 3.34. The number of halogens is 2. The van der Waals surface area contributed by atoms with Crippen molar-refractivity contribution in [3.05, 3.63) is 58.3 Å². The van der Waals surface area contributed by atoms with Crippen LogP contribution in [0.25, 0.3) is 22.4 Å². The summed E-state index contributed by atoms with van der Waals surface area (Å²) in [6, 6.07) is 11.0. The molecule has 1 aliphatic rings. The SMILES string of the molecule is N#Cc1cc(Cl)c(-c2nc3c(Nc4cc(N5CCN(CCO)CC5)ccn4)nccc3[nH]2)c(Cl)c1. The number of piperazine rings is 1. The molecule has 178 valence electrons. The second-order valence-electron chi connectivity index (χ2n) is 8.14. The van der Waals surface area contributed by atoms with Crippen LogP contribution >= 0.6 is 23.2 Å². The van der Waals surface area contributed by atoms with Crippen molar-refractivity contribution in [1.82, 2.24) is 24.8 Å². The van der Waals surface area contributed by atoms with E-state index in [4.69, 9.17) is 38.6 Å². The van der Waals surface area contributed by atoms with Crippen LogP contribution in [0.4, 0.5) is 17.3 Å². The Hall–Kier alpha value is -3.42. The number of nitrogens with one attached hydrogen (secondary N) is 2. The van der Waals surface area contributed by atoms with E-state index in [1.54, 1.807) is 24.5 Å². The number of nitrogens with zero attached hydrogens (tertiary/aromatic N) is 6. The Morgan fingerprint density at radius 2 is 1.80 bits per heavy atom. The number of rotatable bonds is 6. The fourth-order valence-electron chi connectivity index (χ4n) is 4.19. The minimum Gasteiger partial charge on any atom is -0.395 e. The average molecular weight is 509 g/mol. The molecule has 0 spiro atoms. The second kappa shape index (κ2) is 10.1. The summed E-state index contributed by atoms with van der Waals surface area (Å²) in [4.78, 5) is 21.4. The molecular weight excluding hydrogens is 487 g/mol. The first-order valence-corrected chi connectivity index (χ1v) is 11.9. The number of aromatic amines is 1. The summed E-state index contributed by atoms with van der Waals surface area (Å²) < 4.78 is 0. The Labute approximate surface area is 212 Å². The Kier molecular flexibility index (Phi) is 6.70. The molecule has 0 radical (unpaired) electrons. The quantitative estimate of drug-likeness (QED) is 0.357. The molecule has 3 N–H and O–H groups in total. The van der Waals surface area contributed by atoms with Crippen LogP contribution in [-0.2, 0) is 0 Å². The number of hydrogen-bond donors (Lipinski definition) is 3. The summed E-state index contributed by atoms with van der Waals surface area (Å²) in [7, 11) is 0. The van der Waals surface area contributed by atoms with Gasteiger partial charge in [-0.15, -0.1) is 0 Å². The third-order valence-electron chi connectivity index (χ3n) is 5.95. The third-order valence-corrected chi connectivity index (χ3v) is 6.55. The topological polar surface area (TPSA) is 117 Å². The first-order chi connectivity index (χ1) is 17.1. The highest BCUT2D eigenvalue weighted by Crippen LogP contribution is 2.36. The number of pyridine rings is 2. The van der Waals surface area contributed by atoms with E-state index in [2.05, 4.69) is 30.1 Å². The molecule has 1 aromatic carbocycles. The number of nitriles is 1. The molecule has 9 nitrogen and oxygen atoms in total. The van der Waals surface area contributed by atoms with Gasteiger partial charge in [-0.2, -0.15) is 5.26 Å². The van der Waals surface area contributed by atoms with Crippen LogP contribution in [0.2, 0.25) is 10.0 Å². The number of β-amino-alcohol motifs (C(OH)–C–C–N with tert-alkyl or cyclic N) is 1. The second-order valence-corrected chi connectivity index (χ2v) is 8.96. The van der Waals surface area contributed by atoms with Crippen LogP contribution in [-0.4, -0.2) is 69.3 Å². The molecule has 0 bridgehead atoms. The minimum absolute atomic E-state index is 0.181. The number of hydrogen-bond acceptors (Lipinski definition) is 8. The number of benzene rings is 1. The Balaban J connectivity index is 1.41. The lowest BCUT2D eigenvalue weighted by Gasteiger charge is -2.35. The van der Waals surface area contributed by atoms with Gasteiger partial charge in [-0.3, -0.25) is 4.90 Å². The summed E-state index contributed by atoms with van der Waals surface area (Å²) in [6.45, 7) is 4.46. The van der Waals surface area contributed by atoms with Gasteiger partial charge < -0.3 is 20.3 Å². The summed E-state index contributed by atoms with van der Waals surface area (Å²) in [5.74, 6) is 1.68. The first-order valence-electron chi connectivity index (χ1n) is 11.1. The van der Waals surface area contributed by atoms with E-state index in [0.29, 0.717) is 50.7 Å². The molecule has 4 heterocycles. The van der Waals surface area contributed by atoms with Crippen LogP contribution in [0.1, 0.15) is 5.56 Å². The van der Waals surface area contributed by atoms with Gasteiger partial charge in [0.25, 0.3) is 0 Å². The zero-order chi connectivity index (χ0) is 24.4. The maximum atomic E-state index is 9.16. The van der Waals surface area contributed by atoms with Gasteiger partial charge in [-0.1, -0.05) is 23.2 Å². The standard InChI is InChI=1S/C24H22Cl2N8O/c25-17-11-15(14-27)12-18(26)21(17)23-30-19-2-4-29-24(22(19)32-23)31-20-13-16(1-3-28-20)34-7-5-33(6-8-34)9-10-35/h1-4,11-13,35H,5-10H2,(H,30,32)(H,28,29,31). The van der Waals surface area contributed by atoms with E-state index in [0.717, 1.165) is 37.4 Å². The highest BCUT2D eigenvalue weighted by Gasteiger charge is 2.19. The fourth-order valence-corrected chi connectivity index (χ4v) is 4.85. The maximum absolute atomic E-state index is 9.16. The van der Waals surface area contributed by atoms with Crippen molar-refractivity contribution in [2.75, 3.05) is 49.5 Å². The summed E-state index contributed by atoms with van der Waals surface area (Å²) in [6.07, 6.45) is 3.45. The van der Waals surface area contributed by atoms with E-state index in [1.807, 2.05) is 24.3 Å². The molecule has 0 atom stereocenters. The third kappa shape index (κ3) is 4.88. The van der Waals surface area contributed by atoms with Gasteiger partial charge in [0, 0.05) is 56.9 Å². The first kappa shape index (κ1) is 23.3. The Morgan fingerprint density at radius 3 is 2.51 bits per heavy atom. The van der Waals surface area contributed by atoms with E-state index in [9.17, 15) is 0 Å². The van der Waals surface area contributed by atoms with Gasteiger partial charge in [0.15, 0.2) is 5.82 Å². The Morgan fingerprint density at radius 1 is 1.06 bits per heavy atom. The molecule has 0 amide bonds. The van der Waals surface area contributed by atoms with Gasteiger partial charge in [-0.05, 0) is 24.3 Å². The number of H-pyrrole nitrogens is 1. The Bertz CT molecular complexity index is 1390. The smallest absolute Gasteiger partial charge is 0.159 e. The van der Waals surface area contributed by atoms with E-state index in [1.165, 1.54) is 0 Å². The van der Waals surface area contributed by atoms with Crippen molar-refractivity contribution >= 4 is 51.6 Å². The molecular formula is C24H22Cl2N8O. The van der Waals surface area contributed by atoms with Crippen LogP contribution in [0.3, 0.4) is 0 Å². The molecule has 0 unspecified atom stereocenters. The van der Waals surface area contributed by atoms with Gasteiger partial charge in [0.05, 0.1) is 39.4 Å². The van der Waals surface area contributed by atoms with Crippen molar-refractivity contribution < 1.29 is 5.11 Å². The highest BCUT2D eigenvalue weighted by atomic mass is 35.5. The zero-order valence-electron chi connectivity index (χ0n) is 18.7. The van der Waals surface area contributed by atoms with E-state index >= 15 is 0 Å². The normalized spacial score (nSPS) is 14.3. The monoisotopic (exact) mass is 508 g/mol. The number of aliphatic hydroxyl groups is 1. The zero-order valence-corrected chi connectivity index (χ0v) is 20.2. The lowest BCUT2D eigenvalue weighted by Crippen LogP contribution is -2.47. The molecule has 11 heteroatoms. The lowest BCUT2D eigenvalue weighted by molar-refractivity contribution is 0.189. The molecule has 0 saturated carbocycles. The molecule has 3 aromatic heterocycles. The van der Waals surface area contributed by atoms with E-state index < -0.39 is 0 Å². The van der Waals surface area contributed by atoms with Crippen LogP contribution in [0.15, 0.2) is 42.7 Å². The van der Waals surface area contributed by atoms with Crippen molar-refractivity contribution in [3.8, 4) is 17.5 Å². The number of aliphatic hydroxyl groups excluding tert-OH is 1. The molecule has 1 fully saturated rings. The van der Waals surface area contributed by atoms with Gasteiger partial charge in [-0.25, -0.2) is 15.0 Å². The van der Waals surface area contributed by atoms with Gasteiger partial charge in [0.1, 0.15) is 17.2 Å². The van der Waals surface area contributed by atoms with Crippen molar-refractivity contribution in [1.29, 1.82) is 5.26 Å². The van der Waals surface area contributed by atoms with Crippen LogP contribution in [0.5, 0.6) is 0 Å². The molecule has 1 saturated heterocycles. The predicted molar refractivity (Wildman–Crippen MR) is 137 cm³/mol. The molecule has 0 aliphatic carbocycles. The van der Waals surface area contributed by atoms with Crippen molar-refractivity contribution in [2.45, 2.75) is 0 Å². The van der Waals surface area contributed by atoms with Crippen LogP contribution < -0.4 is 10.2 Å². The van der Waals surface area contributed by atoms with Crippen molar-refractivity contribution in [3.63, 3.8) is 0 Å². The van der Waals surface area contributed by atoms with Crippen molar-refractivity contribution in [2.24, 2.45) is 0 Å². The fraction of sp³-hybridized carbons (Fsp3) is 0.250. The lowest BCUT2D eigenvalue weighted by atomic mass is 10.1. The van der Waals surface area contributed by atoms with Gasteiger partial charge in [0.2, 0.25) is 0 Å². The molecule has 5 rings (SSSR count). The minimum atomic E-state index is 0.181. The highest BCUT2D eigenvalue weighted by molar-refractivity contribution is 6.39. The molecule has 4 aromatic rings. The van der Waals surface area contributed by atoms with Gasteiger partial charge >= 0.3 is 0 Å². The summed E-state index contributed by atoms with van der Waals surface area (Å²) >= 11 is 12.8. The average Bonchev–Trinajstić information content (AvgIpc) is 3.29. The maximum Gasteiger partial charge on any atom is 0.159 e. The number of aromatic nitrogens is 4. The van der Waals surface area contributed by atoms with E-state index in [-0.39, 0.29) is 6.61 Å².